The van der Waals surface area contributed by atoms with E-state index in [2.05, 4.69) is 4.98 Å². The Hall–Kier alpha value is -1.52. The van der Waals surface area contributed by atoms with Gasteiger partial charge in [0.2, 0.25) is 0 Å². The average molecular weight is 209 g/mol. The van der Waals surface area contributed by atoms with Gasteiger partial charge in [-0.1, -0.05) is 6.92 Å². The summed E-state index contributed by atoms with van der Waals surface area (Å²) in [5, 5.41) is 0. The molecule has 15 heavy (non-hydrogen) atoms. The van der Waals surface area contributed by atoms with E-state index in [1.54, 1.807) is 0 Å². The lowest BCUT2D eigenvalue weighted by atomic mass is 10.2. The first-order chi connectivity index (χ1) is 7.13. The van der Waals surface area contributed by atoms with Gasteiger partial charge >= 0.3 is 5.69 Å². The van der Waals surface area contributed by atoms with E-state index in [9.17, 15) is 9.59 Å². The van der Waals surface area contributed by atoms with Crippen LogP contribution in [0.25, 0.3) is 0 Å². The van der Waals surface area contributed by atoms with Crippen LogP contribution in [0.5, 0.6) is 0 Å². The molecule has 1 heterocycles. The molecular weight excluding hydrogens is 194 g/mol. The number of hydrogen-bond acceptors (Lipinski definition) is 3. The van der Waals surface area contributed by atoms with Gasteiger partial charge < -0.3 is 5.73 Å². The van der Waals surface area contributed by atoms with Gasteiger partial charge in [-0.2, -0.15) is 0 Å². The third kappa shape index (κ3) is 1.82. The summed E-state index contributed by atoms with van der Waals surface area (Å²) in [5.41, 5.74) is 5.47. The fourth-order valence-corrected chi connectivity index (χ4v) is 1.69. The first kappa shape index (κ1) is 10.0. The van der Waals surface area contributed by atoms with E-state index < -0.39 is 0 Å². The Morgan fingerprint density at radius 3 is 2.67 bits per heavy atom. The van der Waals surface area contributed by atoms with Crippen molar-refractivity contribution >= 4 is 5.82 Å². The van der Waals surface area contributed by atoms with Crippen molar-refractivity contribution in [3.63, 3.8) is 0 Å². The van der Waals surface area contributed by atoms with Crippen LogP contribution in [0, 0.1) is 5.92 Å². The van der Waals surface area contributed by atoms with E-state index in [4.69, 9.17) is 5.73 Å². The Balaban J connectivity index is 2.52. The summed E-state index contributed by atoms with van der Waals surface area (Å²) in [6.07, 6.45) is 2.77. The lowest BCUT2D eigenvalue weighted by Gasteiger charge is -2.07. The van der Waals surface area contributed by atoms with Crippen molar-refractivity contribution in [2.45, 2.75) is 32.7 Å². The average Bonchev–Trinajstić information content (AvgIpc) is 2.96. The highest BCUT2D eigenvalue weighted by Gasteiger charge is 2.24. The van der Waals surface area contributed by atoms with Gasteiger partial charge in [-0.15, -0.1) is 0 Å². The van der Waals surface area contributed by atoms with Gasteiger partial charge in [0.15, 0.2) is 0 Å². The molecule has 0 amide bonds. The fourth-order valence-electron chi connectivity index (χ4n) is 1.69. The molecule has 0 aliphatic heterocycles. The number of aromatic nitrogens is 2. The minimum absolute atomic E-state index is 0.208. The molecule has 1 aliphatic carbocycles. The zero-order valence-corrected chi connectivity index (χ0v) is 8.75. The molecule has 0 radical (unpaired) electrons. The predicted molar refractivity (Wildman–Crippen MR) is 57.8 cm³/mol. The van der Waals surface area contributed by atoms with Crippen LogP contribution in [0.15, 0.2) is 9.59 Å². The molecule has 3 N–H and O–H groups in total. The molecule has 1 saturated carbocycles. The Morgan fingerprint density at radius 1 is 1.47 bits per heavy atom. The lowest BCUT2D eigenvalue weighted by Crippen LogP contribution is -2.38. The summed E-state index contributed by atoms with van der Waals surface area (Å²) in [7, 11) is 0. The highest BCUT2D eigenvalue weighted by atomic mass is 16.2. The summed E-state index contributed by atoms with van der Waals surface area (Å²) in [4.78, 5) is 25.9. The molecule has 0 atom stereocenters. The van der Waals surface area contributed by atoms with Crippen LogP contribution in [0.1, 0.15) is 25.3 Å². The van der Waals surface area contributed by atoms with Crippen molar-refractivity contribution in [3.8, 4) is 0 Å². The molecule has 1 aromatic rings. The number of anilines is 1. The van der Waals surface area contributed by atoms with Gasteiger partial charge in [0.05, 0.1) is 5.56 Å². The zero-order valence-electron chi connectivity index (χ0n) is 8.75. The second-order valence-corrected chi connectivity index (χ2v) is 4.04. The van der Waals surface area contributed by atoms with Crippen LogP contribution in [-0.4, -0.2) is 9.55 Å². The molecule has 82 valence electrons. The molecule has 1 aromatic heterocycles. The first-order valence-corrected chi connectivity index (χ1v) is 5.25. The minimum Gasteiger partial charge on any atom is -0.385 e. The van der Waals surface area contributed by atoms with Gasteiger partial charge in [-0.3, -0.25) is 14.3 Å². The number of nitrogens with zero attached hydrogens (tertiary/aromatic N) is 1. The first-order valence-electron chi connectivity index (χ1n) is 5.25. The molecule has 0 spiro atoms. The Kier molecular flexibility index (Phi) is 2.38. The zero-order chi connectivity index (χ0) is 11.0. The molecule has 5 nitrogen and oxygen atoms in total. The lowest BCUT2D eigenvalue weighted by molar-refractivity contribution is 0.571. The number of nitrogens with one attached hydrogen (secondary N) is 1. The highest BCUT2D eigenvalue weighted by molar-refractivity contribution is 5.36. The number of rotatable bonds is 3. The van der Waals surface area contributed by atoms with Gasteiger partial charge in [0.25, 0.3) is 5.56 Å². The summed E-state index contributed by atoms with van der Waals surface area (Å²) in [5.74, 6) is 0.705. The maximum absolute atomic E-state index is 11.9. The van der Waals surface area contributed by atoms with E-state index >= 15 is 0 Å². The molecule has 0 aromatic carbocycles. The third-order valence-corrected chi connectivity index (χ3v) is 2.81. The normalized spacial score (nSPS) is 15.5. The second-order valence-electron chi connectivity index (χ2n) is 4.04. The number of H-pyrrole nitrogens is 1. The number of nitrogens with two attached hydrogens (primary N) is 1. The Morgan fingerprint density at radius 2 is 2.13 bits per heavy atom. The maximum atomic E-state index is 11.9. The van der Waals surface area contributed by atoms with Crippen molar-refractivity contribution in [2.24, 2.45) is 5.92 Å². The van der Waals surface area contributed by atoms with Gasteiger partial charge in [0, 0.05) is 6.54 Å². The highest BCUT2D eigenvalue weighted by Crippen LogP contribution is 2.29. The van der Waals surface area contributed by atoms with E-state index in [0.29, 0.717) is 24.4 Å². The maximum Gasteiger partial charge on any atom is 0.329 e. The molecule has 5 heteroatoms. The van der Waals surface area contributed by atoms with Crippen LogP contribution in [0.2, 0.25) is 0 Å². The summed E-state index contributed by atoms with van der Waals surface area (Å²) in [6, 6.07) is 0. The standard InChI is InChI=1S/C10H15N3O2/c1-2-7-8(11)12-10(15)13(9(7)14)5-6-3-4-6/h6H,2-5,11H2,1H3,(H,12,15). The summed E-state index contributed by atoms with van der Waals surface area (Å²) >= 11 is 0. The third-order valence-electron chi connectivity index (χ3n) is 2.81. The smallest absolute Gasteiger partial charge is 0.329 e. The summed E-state index contributed by atoms with van der Waals surface area (Å²) < 4.78 is 1.27. The SMILES string of the molecule is CCc1c(N)[nH]c(=O)n(CC2CC2)c1=O. The molecule has 0 unspecified atom stereocenters. The monoisotopic (exact) mass is 209 g/mol. The quantitative estimate of drug-likeness (QED) is 0.740. The molecule has 1 aliphatic rings. The van der Waals surface area contributed by atoms with Crippen molar-refractivity contribution < 1.29 is 0 Å². The Labute approximate surface area is 86.9 Å². The van der Waals surface area contributed by atoms with Crippen LogP contribution >= 0.6 is 0 Å². The van der Waals surface area contributed by atoms with E-state index in [-0.39, 0.29) is 17.1 Å². The number of aromatic amines is 1. The van der Waals surface area contributed by atoms with Crippen LogP contribution < -0.4 is 17.0 Å². The van der Waals surface area contributed by atoms with E-state index in [0.717, 1.165) is 12.8 Å². The molecule has 2 rings (SSSR count). The van der Waals surface area contributed by atoms with Crippen LogP contribution in [0.4, 0.5) is 5.82 Å². The fraction of sp³-hybridized carbons (Fsp3) is 0.600. The van der Waals surface area contributed by atoms with Gasteiger partial charge in [-0.05, 0) is 25.2 Å². The van der Waals surface area contributed by atoms with Crippen LogP contribution in [-0.2, 0) is 13.0 Å². The van der Waals surface area contributed by atoms with E-state index in [1.807, 2.05) is 6.92 Å². The molecule has 0 saturated heterocycles. The summed E-state index contributed by atoms with van der Waals surface area (Å²) in [6.45, 7) is 2.38. The van der Waals surface area contributed by atoms with Crippen LogP contribution in [0.3, 0.4) is 0 Å². The van der Waals surface area contributed by atoms with E-state index in [1.165, 1.54) is 4.57 Å². The number of nitrogen functional groups attached to an aromatic ring is 1. The second kappa shape index (κ2) is 3.56. The van der Waals surface area contributed by atoms with Crippen molar-refractivity contribution in [2.75, 3.05) is 5.73 Å². The molecule has 1 fully saturated rings. The van der Waals surface area contributed by atoms with Gasteiger partial charge in [-0.25, -0.2) is 4.79 Å². The molecule has 0 bridgehead atoms. The topological polar surface area (TPSA) is 80.9 Å². The van der Waals surface area contributed by atoms with Crippen molar-refractivity contribution in [3.05, 3.63) is 26.4 Å². The minimum atomic E-state index is -0.387. The van der Waals surface area contributed by atoms with Crippen molar-refractivity contribution in [1.29, 1.82) is 0 Å². The van der Waals surface area contributed by atoms with Gasteiger partial charge in [0.1, 0.15) is 5.82 Å². The largest absolute Gasteiger partial charge is 0.385 e. The van der Waals surface area contributed by atoms with Crippen molar-refractivity contribution in [1.82, 2.24) is 9.55 Å². The Bertz CT molecular complexity index is 482. The predicted octanol–water partition coefficient (Wildman–Crippen LogP) is 0.0912. The number of hydrogen-bond donors (Lipinski definition) is 2. The molecular formula is C10H15N3O2.